The molecule has 39 heavy (non-hydrogen) atoms. The number of methoxy groups -OCH3 is 1. The van der Waals surface area contributed by atoms with Gasteiger partial charge in [0.2, 0.25) is 11.8 Å². The summed E-state index contributed by atoms with van der Waals surface area (Å²) in [6.07, 6.45) is 5.48. The van der Waals surface area contributed by atoms with Gasteiger partial charge in [0.15, 0.2) is 0 Å². The first kappa shape index (κ1) is 27.2. The fourth-order valence-corrected chi connectivity index (χ4v) is 6.54. The highest BCUT2D eigenvalue weighted by Gasteiger charge is 2.43. The molecule has 0 saturated carbocycles. The number of likely N-dealkylation sites (tertiary alicyclic amines) is 1. The van der Waals surface area contributed by atoms with E-state index in [2.05, 4.69) is 12.1 Å². The van der Waals surface area contributed by atoms with Gasteiger partial charge in [0, 0.05) is 31.1 Å². The van der Waals surface area contributed by atoms with Crippen LogP contribution >= 0.6 is 11.3 Å². The summed E-state index contributed by atoms with van der Waals surface area (Å²) >= 11 is 1.54. The van der Waals surface area contributed by atoms with Crippen LogP contribution in [0.2, 0.25) is 0 Å². The molecule has 3 heterocycles. The molecule has 0 bridgehead atoms. The van der Waals surface area contributed by atoms with Gasteiger partial charge in [-0.05, 0) is 55.9 Å². The molecule has 5 rings (SSSR count). The van der Waals surface area contributed by atoms with Crippen molar-refractivity contribution in [1.82, 2.24) is 14.8 Å². The number of likely N-dealkylation sites (N-methyl/N-ethyl adjacent to an activating group) is 1. The molecule has 8 heteroatoms. The van der Waals surface area contributed by atoms with E-state index < -0.39 is 5.41 Å². The second-order valence-corrected chi connectivity index (χ2v) is 11.5. The number of aryl methyl sites for hydroxylation is 1. The lowest BCUT2D eigenvalue weighted by Crippen LogP contribution is -2.51. The molecular formula is C31H37N3O4S. The Bertz CT molecular complexity index is 1300. The van der Waals surface area contributed by atoms with Gasteiger partial charge in [0.25, 0.3) is 0 Å². The fourth-order valence-electron chi connectivity index (χ4n) is 5.73. The molecule has 2 aliphatic rings. The largest absolute Gasteiger partial charge is 0.497 e. The van der Waals surface area contributed by atoms with Crippen molar-refractivity contribution >= 4 is 23.2 Å². The zero-order valence-corrected chi connectivity index (χ0v) is 23.7. The number of ether oxygens (including phenoxy) is 2. The smallest absolute Gasteiger partial charge is 0.228 e. The monoisotopic (exact) mass is 547 g/mol. The van der Waals surface area contributed by atoms with E-state index in [0.29, 0.717) is 39.1 Å². The van der Waals surface area contributed by atoms with Crippen molar-refractivity contribution in [3.63, 3.8) is 0 Å². The van der Waals surface area contributed by atoms with Crippen LogP contribution in [0.5, 0.6) is 11.5 Å². The number of hydrogen-bond acceptors (Lipinski definition) is 6. The van der Waals surface area contributed by atoms with E-state index in [9.17, 15) is 9.59 Å². The van der Waals surface area contributed by atoms with Crippen LogP contribution in [-0.4, -0.2) is 67.0 Å². The van der Waals surface area contributed by atoms with Gasteiger partial charge >= 0.3 is 0 Å². The zero-order chi connectivity index (χ0) is 27.2. The van der Waals surface area contributed by atoms with Crippen molar-refractivity contribution in [2.24, 2.45) is 5.41 Å². The van der Waals surface area contributed by atoms with Crippen LogP contribution in [0.3, 0.4) is 0 Å². The quantitative estimate of drug-likeness (QED) is 0.447. The second-order valence-electron chi connectivity index (χ2n) is 10.6. The highest BCUT2D eigenvalue weighted by atomic mass is 32.1. The number of piperidine rings is 1. The first-order valence-electron chi connectivity index (χ1n) is 13.8. The van der Waals surface area contributed by atoms with Gasteiger partial charge in [-0.3, -0.25) is 9.59 Å². The van der Waals surface area contributed by atoms with Gasteiger partial charge in [-0.2, -0.15) is 0 Å². The van der Waals surface area contributed by atoms with Crippen molar-refractivity contribution in [2.75, 3.05) is 40.4 Å². The molecule has 3 aromatic rings. The topological polar surface area (TPSA) is 72.0 Å². The fraction of sp³-hybridized carbons (Fsp3) is 0.452. The number of benzene rings is 2. The molecule has 1 fully saturated rings. The molecule has 1 saturated heterocycles. The molecule has 2 amide bonds. The van der Waals surface area contributed by atoms with Crippen molar-refractivity contribution in [3.8, 4) is 22.1 Å². The summed E-state index contributed by atoms with van der Waals surface area (Å²) in [5.74, 6) is 1.98. The van der Waals surface area contributed by atoms with E-state index >= 15 is 0 Å². The average Bonchev–Trinajstić information content (AvgIpc) is 3.44. The Labute approximate surface area is 234 Å². The average molecular weight is 548 g/mol. The van der Waals surface area contributed by atoms with Crippen LogP contribution in [0.15, 0.2) is 53.9 Å². The Kier molecular flexibility index (Phi) is 8.50. The van der Waals surface area contributed by atoms with E-state index in [-0.39, 0.29) is 18.2 Å². The minimum atomic E-state index is -0.412. The van der Waals surface area contributed by atoms with Gasteiger partial charge < -0.3 is 19.3 Å². The van der Waals surface area contributed by atoms with Crippen LogP contribution in [0.4, 0.5) is 0 Å². The molecule has 7 nitrogen and oxygen atoms in total. The van der Waals surface area contributed by atoms with Crippen molar-refractivity contribution in [1.29, 1.82) is 0 Å². The summed E-state index contributed by atoms with van der Waals surface area (Å²) in [6.45, 7) is 2.23. The van der Waals surface area contributed by atoms with E-state index in [4.69, 9.17) is 14.5 Å². The Balaban J connectivity index is 1.21. The Hall–Kier alpha value is -3.39. The summed E-state index contributed by atoms with van der Waals surface area (Å²) in [5, 5.41) is 2.84. The Morgan fingerprint density at radius 1 is 1.08 bits per heavy atom. The predicted octanol–water partition coefficient (Wildman–Crippen LogP) is 5.23. The zero-order valence-electron chi connectivity index (χ0n) is 22.9. The summed E-state index contributed by atoms with van der Waals surface area (Å²) in [6, 6.07) is 16.0. The minimum Gasteiger partial charge on any atom is -0.497 e. The lowest BCUT2D eigenvalue weighted by molar-refractivity contribution is -0.148. The van der Waals surface area contributed by atoms with Gasteiger partial charge in [0.1, 0.15) is 23.1 Å². The van der Waals surface area contributed by atoms with Gasteiger partial charge in [-0.25, -0.2) is 4.98 Å². The number of para-hydroxylation sites is 1. The maximum absolute atomic E-state index is 13.7. The Morgan fingerprint density at radius 3 is 2.72 bits per heavy atom. The molecule has 0 radical (unpaired) electrons. The molecule has 0 aliphatic carbocycles. The standard InChI is InChI=1S/C31H37N3O4S/c1-33-18-19-38-27-12-4-3-8-23(27)9-5-6-13-31(30(33)36)14-16-34(17-15-31)28(35)21-25-22-39-29(32-25)24-10-7-11-26(20-24)37-2/h3-4,7-8,10-12,20,22H,5-6,9,13-19,21H2,1-2H3. The van der Waals surface area contributed by atoms with E-state index in [1.54, 1.807) is 7.11 Å². The number of nitrogens with zero attached hydrogens (tertiary/aromatic N) is 3. The SMILES string of the molecule is COc1cccc(-c2nc(CC(=O)N3CCC4(CCCCc5ccccc5OCCN(C)C4=O)CC3)cs2)c1. The number of fused-ring (bicyclic) bond motifs is 1. The predicted molar refractivity (Wildman–Crippen MR) is 153 cm³/mol. The summed E-state index contributed by atoms with van der Waals surface area (Å²) in [7, 11) is 3.53. The first-order chi connectivity index (χ1) is 19.0. The van der Waals surface area contributed by atoms with Crippen LogP contribution < -0.4 is 9.47 Å². The molecule has 1 aromatic heterocycles. The number of amides is 2. The number of aromatic nitrogens is 1. The minimum absolute atomic E-state index is 0.0753. The molecule has 1 spiro atoms. The second kappa shape index (κ2) is 12.2. The third-order valence-corrected chi connectivity index (χ3v) is 9.02. The van der Waals surface area contributed by atoms with Gasteiger partial charge in [0.05, 0.1) is 31.2 Å². The highest BCUT2D eigenvalue weighted by molar-refractivity contribution is 7.13. The molecule has 206 valence electrons. The van der Waals surface area contributed by atoms with Crippen molar-refractivity contribution in [3.05, 3.63) is 65.2 Å². The van der Waals surface area contributed by atoms with Crippen LogP contribution in [0, 0.1) is 5.41 Å². The van der Waals surface area contributed by atoms with Gasteiger partial charge in [-0.1, -0.05) is 36.8 Å². The summed E-state index contributed by atoms with van der Waals surface area (Å²) in [5.41, 5.74) is 2.59. The van der Waals surface area contributed by atoms with E-state index in [1.807, 2.05) is 58.6 Å². The number of thiazole rings is 1. The third kappa shape index (κ3) is 6.27. The molecule has 0 N–H and O–H groups in total. The molecule has 0 atom stereocenters. The normalized spacial score (nSPS) is 18.1. The van der Waals surface area contributed by atoms with Crippen LogP contribution in [-0.2, 0) is 22.4 Å². The number of rotatable bonds is 4. The number of hydrogen-bond donors (Lipinski definition) is 0. The van der Waals surface area contributed by atoms with Crippen molar-refractivity contribution in [2.45, 2.75) is 44.9 Å². The molecule has 2 aliphatic heterocycles. The maximum atomic E-state index is 13.7. The van der Waals surface area contributed by atoms with E-state index in [1.165, 1.54) is 16.9 Å². The lowest BCUT2D eigenvalue weighted by atomic mass is 9.73. The van der Waals surface area contributed by atoms with Crippen LogP contribution in [0.1, 0.15) is 43.4 Å². The van der Waals surface area contributed by atoms with Crippen LogP contribution in [0.25, 0.3) is 10.6 Å². The van der Waals surface area contributed by atoms with E-state index in [0.717, 1.165) is 53.4 Å². The summed E-state index contributed by atoms with van der Waals surface area (Å²) < 4.78 is 11.4. The van der Waals surface area contributed by atoms with Crippen molar-refractivity contribution < 1.29 is 19.1 Å². The molecule has 2 aromatic carbocycles. The van der Waals surface area contributed by atoms with Gasteiger partial charge in [-0.15, -0.1) is 11.3 Å². The Morgan fingerprint density at radius 2 is 1.90 bits per heavy atom. The maximum Gasteiger partial charge on any atom is 0.228 e. The first-order valence-corrected chi connectivity index (χ1v) is 14.7. The molecule has 0 unspecified atom stereocenters. The third-order valence-electron chi connectivity index (χ3n) is 8.08. The summed E-state index contributed by atoms with van der Waals surface area (Å²) in [4.78, 5) is 35.4. The number of carbonyl (C=O) groups is 2. The molecular weight excluding hydrogens is 510 g/mol. The number of carbonyl (C=O) groups excluding carboxylic acids is 2. The highest BCUT2D eigenvalue weighted by Crippen LogP contribution is 2.39. The lowest BCUT2D eigenvalue weighted by Gasteiger charge is -2.43.